The van der Waals surface area contributed by atoms with E-state index in [1.165, 1.54) is 0 Å². The summed E-state index contributed by atoms with van der Waals surface area (Å²) in [5.41, 5.74) is 1.68. The summed E-state index contributed by atoms with van der Waals surface area (Å²) >= 11 is 1.61. The lowest BCUT2D eigenvalue weighted by Gasteiger charge is -2.15. The molecule has 1 N–H and O–H groups in total. The maximum atomic E-state index is 12.0. The van der Waals surface area contributed by atoms with Gasteiger partial charge in [-0.05, 0) is 46.7 Å². The van der Waals surface area contributed by atoms with E-state index in [1.54, 1.807) is 49.8 Å². The van der Waals surface area contributed by atoms with Gasteiger partial charge < -0.3 is 14.8 Å². The van der Waals surface area contributed by atoms with Crippen LogP contribution in [0.15, 0.2) is 41.1 Å². The van der Waals surface area contributed by atoms with Gasteiger partial charge in [-0.2, -0.15) is 11.3 Å². The third kappa shape index (κ3) is 3.59. The van der Waals surface area contributed by atoms with Crippen LogP contribution in [0.25, 0.3) is 0 Å². The normalized spacial score (nSPS) is 11.9. The average Bonchev–Trinajstić information content (AvgIpc) is 3.02. The fourth-order valence-electron chi connectivity index (χ4n) is 1.83. The van der Waals surface area contributed by atoms with Gasteiger partial charge in [0.1, 0.15) is 11.9 Å². The van der Waals surface area contributed by atoms with E-state index in [4.69, 9.17) is 9.47 Å². The number of benzene rings is 1. The van der Waals surface area contributed by atoms with Crippen molar-refractivity contribution in [2.75, 3.05) is 20.8 Å². The van der Waals surface area contributed by atoms with Crippen LogP contribution in [0.5, 0.6) is 5.75 Å². The molecule has 2 aromatic rings. The molecule has 0 spiro atoms. The molecule has 0 aliphatic rings. The summed E-state index contributed by atoms with van der Waals surface area (Å²) in [5.74, 6) is 0.611. The van der Waals surface area contributed by atoms with Crippen molar-refractivity contribution in [3.05, 3.63) is 52.2 Å². The molecule has 0 aliphatic carbocycles. The molecular weight excluding hydrogens is 274 g/mol. The molecule has 1 heterocycles. The molecule has 1 unspecified atom stereocenters. The van der Waals surface area contributed by atoms with Gasteiger partial charge in [0.25, 0.3) is 5.91 Å². The van der Waals surface area contributed by atoms with Crippen molar-refractivity contribution in [2.45, 2.75) is 6.10 Å². The highest BCUT2D eigenvalue weighted by Gasteiger charge is 2.13. The van der Waals surface area contributed by atoms with E-state index >= 15 is 0 Å². The van der Waals surface area contributed by atoms with Crippen molar-refractivity contribution in [3.63, 3.8) is 0 Å². The SMILES string of the molecule is COc1ccc(C(=O)NCC(OC)c2ccsc2)cc1. The fraction of sp³-hybridized carbons (Fsp3) is 0.267. The predicted molar refractivity (Wildman–Crippen MR) is 79.4 cm³/mol. The quantitative estimate of drug-likeness (QED) is 0.890. The summed E-state index contributed by atoms with van der Waals surface area (Å²) in [6.45, 7) is 0.443. The Morgan fingerprint density at radius 3 is 2.55 bits per heavy atom. The number of thiophene rings is 1. The number of rotatable bonds is 6. The number of carbonyl (C=O) groups excluding carboxylic acids is 1. The van der Waals surface area contributed by atoms with Crippen LogP contribution in [0.2, 0.25) is 0 Å². The summed E-state index contributed by atoms with van der Waals surface area (Å²) in [6, 6.07) is 9.00. The fourth-order valence-corrected chi connectivity index (χ4v) is 2.53. The van der Waals surface area contributed by atoms with Crippen molar-refractivity contribution < 1.29 is 14.3 Å². The monoisotopic (exact) mass is 291 g/mol. The molecule has 1 amide bonds. The maximum absolute atomic E-state index is 12.0. The maximum Gasteiger partial charge on any atom is 0.251 e. The van der Waals surface area contributed by atoms with Gasteiger partial charge in [-0.3, -0.25) is 4.79 Å². The molecule has 0 radical (unpaired) electrons. The molecule has 0 bridgehead atoms. The molecular formula is C15H17NO3S. The minimum Gasteiger partial charge on any atom is -0.497 e. The highest BCUT2D eigenvalue weighted by Crippen LogP contribution is 2.19. The summed E-state index contributed by atoms with van der Waals surface area (Å²) in [6.07, 6.45) is -0.122. The lowest BCUT2D eigenvalue weighted by molar-refractivity contribution is 0.0829. The topological polar surface area (TPSA) is 47.6 Å². The minimum atomic E-state index is -0.122. The van der Waals surface area contributed by atoms with Crippen LogP contribution in [0.3, 0.4) is 0 Å². The number of hydrogen-bond donors (Lipinski definition) is 1. The highest BCUT2D eigenvalue weighted by molar-refractivity contribution is 7.07. The van der Waals surface area contributed by atoms with Crippen LogP contribution in [0, 0.1) is 0 Å². The van der Waals surface area contributed by atoms with E-state index < -0.39 is 0 Å². The second kappa shape index (κ2) is 7.07. The minimum absolute atomic E-state index is 0.120. The Bertz CT molecular complexity index is 537. The van der Waals surface area contributed by atoms with Crippen molar-refractivity contribution in [2.24, 2.45) is 0 Å². The van der Waals surface area contributed by atoms with E-state index in [1.807, 2.05) is 16.8 Å². The summed E-state index contributed by atoms with van der Waals surface area (Å²) in [7, 11) is 3.24. The summed E-state index contributed by atoms with van der Waals surface area (Å²) < 4.78 is 10.5. The van der Waals surface area contributed by atoms with Crippen molar-refractivity contribution >= 4 is 17.2 Å². The van der Waals surface area contributed by atoms with Gasteiger partial charge in [0.05, 0.1) is 7.11 Å². The molecule has 5 heteroatoms. The Labute approximate surface area is 122 Å². The molecule has 20 heavy (non-hydrogen) atoms. The molecule has 0 saturated carbocycles. The van der Waals surface area contributed by atoms with Crippen LogP contribution in [0.4, 0.5) is 0 Å². The van der Waals surface area contributed by atoms with Crippen LogP contribution >= 0.6 is 11.3 Å². The van der Waals surface area contributed by atoms with Gasteiger partial charge in [-0.1, -0.05) is 0 Å². The first kappa shape index (κ1) is 14.6. The number of amides is 1. The van der Waals surface area contributed by atoms with Gasteiger partial charge in [0, 0.05) is 19.2 Å². The average molecular weight is 291 g/mol. The molecule has 0 saturated heterocycles. The van der Waals surface area contributed by atoms with Gasteiger partial charge >= 0.3 is 0 Å². The smallest absolute Gasteiger partial charge is 0.251 e. The first-order valence-electron chi connectivity index (χ1n) is 6.21. The van der Waals surface area contributed by atoms with Gasteiger partial charge in [-0.15, -0.1) is 0 Å². The van der Waals surface area contributed by atoms with E-state index in [2.05, 4.69) is 5.32 Å². The molecule has 0 aliphatic heterocycles. The van der Waals surface area contributed by atoms with Crippen LogP contribution < -0.4 is 10.1 Å². The molecule has 4 nitrogen and oxygen atoms in total. The number of hydrogen-bond acceptors (Lipinski definition) is 4. The van der Waals surface area contributed by atoms with E-state index in [-0.39, 0.29) is 12.0 Å². The Morgan fingerprint density at radius 2 is 2.00 bits per heavy atom. The van der Waals surface area contributed by atoms with Gasteiger partial charge in [0.2, 0.25) is 0 Å². The zero-order valence-corrected chi connectivity index (χ0v) is 12.3. The molecule has 0 fully saturated rings. The second-order valence-electron chi connectivity index (χ2n) is 4.22. The summed E-state index contributed by atoms with van der Waals surface area (Å²) in [5, 5.41) is 6.89. The van der Waals surface area contributed by atoms with Gasteiger partial charge in [-0.25, -0.2) is 0 Å². The molecule has 2 rings (SSSR count). The zero-order valence-electron chi connectivity index (χ0n) is 11.5. The third-order valence-corrected chi connectivity index (χ3v) is 3.70. The zero-order chi connectivity index (χ0) is 14.4. The standard InChI is InChI=1S/C15H17NO3S/c1-18-13-5-3-11(4-6-13)15(17)16-9-14(19-2)12-7-8-20-10-12/h3-8,10,14H,9H2,1-2H3,(H,16,17). The highest BCUT2D eigenvalue weighted by atomic mass is 32.1. The molecule has 1 aromatic carbocycles. The Balaban J connectivity index is 1.93. The van der Waals surface area contributed by atoms with Crippen molar-refractivity contribution in [1.29, 1.82) is 0 Å². The number of nitrogens with one attached hydrogen (secondary N) is 1. The Kier molecular flexibility index (Phi) is 5.15. The van der Waals surface area contributed by atoms with E-state index in [0.717, 1.165) is 11.3 Å². The molecule has 106 valence electrons. The lowest BCUT2D eigenvalue weighted by atomic mass is 10.1. The van der Waals surface area contributed by atoms with E-state index in [9.17, 15) is 4.79 Å². The Morgan fingerprint density at radius 1 is 1.25 bits per heavy atom. The van der Waals surface area contributed by atoms with Crippen LogP contribution in [0.1, 0.15) is 22.0 Å². The first-order chi connectivity index (χ1) is 9.74. The molecule has 1 aromatic heterocycles. The third-order valence-electron chi connectivity index (χ3n) is 3.00. The largest absolute Gasteiger partial charge is 0.497 e. The van der Waals surface area contributed by atoms with E-state index in [0.29, 0.717) is 12.1 Å². The number of methoxy groups -OCH3 is 2. The summed E-state index contributed by atoms with van der Waals surface area (Å²) in [4.78, 5) is 12.0. The van der Waals surface area contributed by atoms with Crippen molar-refractivity contribution in [1.82, 2.24) is 5.32 Å². The molecule has 1 atom stereocenters. The predicted octanol–water partition coefficient (Wildman–Crippen LogP) is 2.87. The first-order valence-corrected chi connectivity index (χ1v) is 7.16. The number of carbonyl (C=O) groups is 1. The van der Waals surface area contributed by atoms with Crippen LogP contribution in [-0.2, 0) is 4.74 Å². The Hall–Kier alpha value is -1.85. The van der Waals surface area contributed by atoms with Gasteiger partial charge in [0.15, 0.2) is 0 Å². The second-order valence-corrected chi connectivity index (χ2v) is 5.00. The van der Waals surface area contributed by atoms with Crippen LogP contribution in [-0.4, -0.2) is 26.7 Å². The lowest BCUT2D eigenvalue weighted by Crippen LogP contribution is -2.28. The van der Waals surface area contributed by atoms with Crippen molar-refractivity contribution in [3.8, 4) is 5.75 Å². The number of ether oxygens (including phenoxy) is 2.